The van der Waals surface area contributed by atoms with Gasteiger partial charge in [0.15, 0.2) is 0 Å². The first-order valence-corrected chi connectivity index (χ1v) is 7.86. The third-order valence-corrected chi connectivity index (χ3v) is 5.07. The highest BCUT2D eigenvalue weighted by Gasteiger charge is 2.20. The molecule has 0 atom stereocenters. The zero-order valence-electron chi connectivity index (χ0n) is 11.4. The van der Waals surface area contributed by atoms with Crippen LogP contribution in [0.25, 0.3) is 10.2 Å². The molecule has 3 nitrogen and oxygen atoms in total. The summed E-state index contributed by atoms with van der Waals surface area (Å²) in [5, 5.41) is 4.55. The van der Waals surface area contributed by atoms with Gasteiger partial charge in [-0.15, -0.1) is 11.3 Å². The van der Waals surface area contributed by atoms with Gasteiger partial charge in [0, 0.05) is 11.4 Å². The molecule has 5 heteroatoms. The Hall–Kier alpha value is -2.01. The van der Waals surface area contributed by atoms with E-state index in [9.17, 15) is 4.39 Å². The van der Waals surface area contributed by atoms with E-state index in [2.05, 4.69) is 15.3 Å². The average Bonchev–Trinajstić information content (AvgIpc) is 3.07. The first-order valence-electron chi connectivity index (χ1n) is 7.05. The number of rotatable bonds is 3. The van der Waals surface area contributed by atoms with Gasteiger partial charge >= 0.3 is 0 Å². The number of aromatic nitrogens is 2. The number of nitrogens with zero attached hydrogens (tertiary/aromatic N) is 2. The van der Waals surface area contributed by atoms with E-state index in [0.29, 0.717) is 6.54 Å². The van der Waals surface area contributed by atoms with Gasteiger partial charge in [0.1, 0.15) is 22.8 Å². The molecule has 0 amide bonds. The van der Waals surface area contributed by atoms with Gasteiger partial charge in [-0.1, -0.05) is 12.1 Å². The molecule has 3 aromatic rings. The number of nitrogens with one attached hydrogen (secondary N) is 1. The van der Waals surface area contributed by atoms with E-state index < -0.39 is 0 Å². The van der Waals surface area contributed by atoms with Crippen molar-refractivity contribution in [2.45, 2.75) is 25.8 Å². The third-order valence-electron chi connectivity index (χ3n) is 3.87. The van der Waals surface area contributed by atoms with E-state index in [1.807, 2.05) is 0 Å². The van der Waals surface area contributed by atoms with Crippen LogP contribution in [0.4, 0.5) is 10.2 Å². The normalized spacial score (nSPS) is 13.6. The topological polar surface area (TPSA) is 37.8 Å². The molecule has 1 aliphatic carbocycles. The molecule has 0 spiro atoms. The van der Waals surface area contributed by atoms with Crippen molar-refractivity contribution in [2.75, 3.05) is 5.32 Å². The van der Waals surface area contributed by atoms with Gasteiger partial charge in [-0.3, -0.25) is 0 Å². The van der Waals surface area contributed by atoms with Gasteiger partial charge in [-0.05, 0) is 42.5 Å². The van der Waals surface area contributed by atoms with Gasteiger partial charge in [0.2, 0.25) is 0 Å². The maximum absolute atomic E-state index is 12.9. The molecule has 2 heterocycles. The quantitative estimate of drug-likeness (QED) is 0.796. The minimum Gasteiger partial charge on any atom is -0.365 e. The highest BCUT2D eigenvalue weighted by atomic mass is 32.1. The Kier molecular flexibility index (Phi) is 3.07. The van der Waals surface area contributed by atoms with Crippen LogP contribution >= 0.6 is 11.3 Å². The Morgan fingerprint density at radius 2 is 2.00 bits per heavy atom. The molecular formula is C16H14FN3S. The maximum Gasteiger partial charge on any atom is 0.138 e. The lowest BCUT2D eigenvalue weighted by Crippen LogP contribution is -2.02. The number of anilines is 1. The summed E-state index contributed by atoms with van der Waals surface area (Å²) in [6.07, 6.45) is 5.12. The summed E-state index contributed by atoms with van der Waals surface area (Å²) in [6.45, 7) is 0.636. The fourth-order valence-corrected chi connectivity index (χ4v) is 4.08. The Morgan fingerprint density at radius 1 is 1.14 bits per heavy atom. The summed E-state index contributed by atoms with van der Waals surface area (Å²) in [6, 6.07) is 6.54. The van der Waals surface area contributed by atoms with Crippen LogP contribution in [0.15, 0.2) is 30.6 Å². The zero-order chi connectivity index (χ0) is 14.2. The number of aryl methyl sites for hydroxylation is 2. The van der Waals surface area contributed by atoms with Crippen molar-refractivity contribution in [1.82, 2.24) is 9.97 Å². The lowest BCUT2D eigenvalue weighted by Gasteiger charge is -2.07. The number of fused-ring (bicyclic) bond motifs is 3. The predicted octanol–water partition coefficient (Wildman–Crippen LogP) is 3.93. The molecule has 1 aromatic carbocycles. The van der Waals surface area contributed by atoms with Crippen LogP contribution in [0.3, 0.4) is 0 Å². The van der Waals surface area contributed by atoms with Gasteiger partial charge < -0.3 is 5.32 Å². The second-order valence-corrected chi connectivity index (χ2v) is 6.32. The van der Waals surface area contributed by atoms with Crippen molar-refractivity contribution in [3.63, 3.8) is 0 Å². The van der Waals surface area contributed by atoms with Crippen LogP contribution in [-0.4, -0.2) is 9.97 Å². The Balaban J connectivity index is 1.65. The van der Waals surface area contributed by atoms with Gasteiger partial charge in [0.05, 0.1) is 5.39 Å². The molecule has 0 fully saturated rings. The summed E-state index contributed by atoms with van der Waals surface area (Å²) in [5.74, 6) is 0.683. The van der Waals surface area contributed by atoms with Gasteiger partial charge in [0.25, 0.3) is 0 Å². The molecular weight excluding hydrogens is 285 g/mol. The number of benzene rings is 1. The van der Waals surface area contributed by atoms with Gasteiger partial charge in [-0.25, -0.2) is 14.4 Å². The average molecular weight is 299 g/mol. The minimum absolute atomic E-state index is 0.209. The maximum atomic E-state index is 12.9. The van der Waals surface area contributed by atoms with Crippen LogP contribution in [-0.2, 0) is 19.4 Å². The van der Waals surface area contributed by atoms with Gasteiger partial charge in [-0.2, -0.15) is 0 Å². The smallest absolute Gasteiger partial charge is 0.138 e. The second kappa shape index (κ2) is 5.07. The number of hydrogen-bond donors (Lipinski definition) is 1. The monoisotopic (exact) mass is 299 g/mol. The van der Waals surface area contributed by atoms with Crippen molar-refractivity contribution < 1.29 is 4.39 Å². The SMILES string of the molecule is Fc1ccc(CNc2ncnc3sc4c(c23)CCC4)cc1. The predicted molar refractivity (Wildman–Crippen MR) is 83.2 cm³/mol. The summed E-state index contributed by atoms with van der Waals surface area (Å²) in [4.78, 5) is 11.3. The van der Waals surface area contributed by atoms with E-state index >= 15 is 0 Å². The van der Waals surface area contributed by atoms with Crippen LogP contribution < -0.4 is 5.32 Å². The minimum atomic E-state index is -0.209. The van der Waals surface area contributed by atoms with Crippen LogP contribution in [0.1, 0.15) is 22.4 Å². The van der Waals surface area contributed by atoms with Crippen molar-refractivity contribution in [3.8, 4) is 0 Å². The number of halogens is 1. The van der Waals surface area contributed by atoms with Crippen molar-refractivity contribution in [2.24, 2.45) is 0 Å². The van der Waals surface area contributed by atoms with Crippen molar-refractivity contribution in [1.29, 1.82) is 0 Å². The highest BCUT2D eigenvalue weighted by molar-refractivity contribution is 7.19. The molecule has 0 aliphatic heterocycles. The van der Waals surface area contributed by atoms with Crippen LogP contribution in [0, 0.1) is 5.82 Å². The Labute approximate surface area is 125 Å². The molecule has 0 saturated carbocycles. The second-order valence-electron chi connectivity index (χ2n) is 5.24. The molecule has 0 bridgehead atoms. The van der Waals surface area contributed by atoms with E-state index in [4.69, 9.17) is 0 Å². The fourth-order valence-electron chi connectivity index (χ4n) is 2.85. The zero-order valence-corrected chi connectivity index (χ0v) is 12.2. The first kappa shape index (κ1) is 12.7. The molecule has 0 radical (unpaired) electrons. The lowest BCUT2D eigenvalue weighted by molar-refractivity contribution is 0.627. The summed E-state index contributed by atoms with van der Waals surface area (Å²) < 4.78 is 12.9. The van der Waals surface area contributed by atoms with Crippen LogP contribution in [0.5, 0.6) is 0 Å². The molecule has 1 N–H and O–H groups in total. The van der Waals surface area contributed by atoms with E-state index in [-0.39, 0.29) is 5.82 Å². The highest BCUT2D eigenvalue weighted by Crippen LogP contribution is 2.39. The molecule has 0 unspecified atom stereocenters. The summed E-state index contributed by atoms with van der Waals surface area (Å²) in [7, 11) is 0. The standard InChI is InChI=1S/C16H14FN3S/c17-11-6-4-10(5-7-11)8-18-15-14-12-2-1-3-13(12)21-16(14)20-9-19-15/h4-7,9H,1-3,8H2,(H,18,19,20). The molecule has 21 heavy (non-hydrogen) atoms. The van der Waals surface area contributed by atoms with Crippen LogP contribution in [0.2, 0.25) is 0 Å². The van der Waals surface area contributed by atoms with E-state index in [0.717, 1.165) is 29.1 Å². The van der Waals surface area contributed by atoms with E-state index in [1.165, 1.54) is 34.4 Å². The molecule has 106 valence electrons. The van der Waals surface area contributed by atoms with Crippen molar-refractivity contribution >= 4 is 27.4 Å². The summed E-state index contributed by atoms with van der Waals surface area (Å²) >= 11 is 1.78. The Morgan fingerprint density at radius 3 is 2.86 bits per heavy atom. The van der Waals surface area contributed by atoms with Crippen molar-refractivity contribution in [3.05, 3.63) is 52.4 Å². The van der Waals surface area contributed by atoms with E-state index in [1.54, 1.807) is 29.8 Å². The Bertz CT molecular complexity index is 795. The molecule has 2 aromatic heterocycles. The molecule has 0 saturated heterocycles. The first-order chi connectivity index (χ1) is 10.3. The fraction of sp³-hybridized carbons (Fsp3) is 0.250. The summed E-state index contributed by atoms with van der Waals surface area (Å²) in [5.41, 5.74) is 2.45. The lowest BCUT2D eigenvalue weighted by atomic mass is 10.2. The third kappa shape index (κ3) is 2.27. The number of thiophene rings is 1. The largest absolute Gasteiger partial charge is 0.365 e. The molecule has 1 aliphatic rings. The number of hydrogen-bond acceptors (Lipinski definition) is 4. The molecule has 4 rings (SSSR count).